The van der Waals surface area contributed by atoms with Crippen LogP contribution in [0.2, 0.25) is 0 Å². The number of carbonyl (C=O) groups is 2. The highest BCUT2D eigenvalue weighted by Gasteiger charge is 2.25. The molecule has 1 aliphatic rings. The molecular weight excluding hydrogens is 208 g/mol. The summed E-state index contributed by atoms with van der Waals surface area (Å²) in [4.78, 5) is 26.1. The van der Waals surface area contributed by atoms with Crippen LogP contribution >= 0.6 is 0 Å². The molecule has 0 aliphatic heterocycles. The van der Waals surface area contributed by atoms with Crippen LogP contribution in [0.4, 0.5) is 5.82 Å². The maximum Gasteiger partial charge on any atom is 0.354 e. The van der Waals surface area contributed by atoms with Crippen molar-refractivity contribution in [2.75, 3.05) is 5.32 Å². The van der Waals surface area contributed by atoms with Crippen molar-refractivity contribution < 1.29 is 14.7 Å². The number of carboxylic acids is 1. The number of carbonyl (C=O) groups excluding carboxylic acids is 1. The molecule has 0 radical (unpaired) electrons. The number of hydrogen-bond donors (Lipinski definition) is 2. The first kappa shape index (κ1) is 10.6. The Balaban J connectivity index is 2.05. The van der Waals surface area contributed by atoms with Gasteiger partial charge in [0.2, 0.25) is 5.91 Å². The van der Waals surface area contributed by atoms with Crippen LogP contribution in [0.5, 0.6) is 0 Å². The van der Waals surface area contributed by atoms with E-state index in [2.05, 4.69) is 10.3 Å². The van der Waals surface area contributed by atoms with Gasteiger partial charge in [-0.15, -0.1) is 0 Å². The summed E-state index contributed by atoms with van der Waals surface area (Å²) in [5, 5.41) is 11.4. The minimum atomic E-state index is -1.10. The van der Waals surface area contributed by atoms with Gasteiger partial charge in [-0.3, -0.25) is 4.79 Å². The Morgan fingerprint density at radius 1 is 1.38 bits per heavy atom. The molecule has 0 bridgehead atoms. The van der Waals surface area contributed by atoms with Gasteiger partial charge in [0.1, 0.15) is 5.82 Å². The highest BCUT2D eigenvalue weighted by atomic mass is 16.4. The lowest BCUT2D eigenvalue weighted by Crippen LogP contribution is -2.28. The van der Waals surface area contributed by atoms with Gasteiger partial charge in [-0.05, 0) is 25.0 Å². The van der Waals surface area contributed by atoms with Crippen molar-refractivity contribution in [3.05, 3.63) is 23.9 Å². The third-order valence-corrected chi connectivity index (χ3v) is 2.70. The zero-order valence-corrected chi connectivity index (χ0v) is 8.64. The van der Waals surface area contributed by atoms with Crippen LogP contribution in [0.25, 0.3) is 0 Å². The molecule has 1 heterocycles. The minimum absolute atomic E-state index is 0.0635. The molecule has 1 aromatic heterocycles. The number of amides is 1. The van der Waals surface area contributed by atoms with Gasteiger partial charge >= 0.3 is 5.97 Å². The first-order valence-corrected chi connectivity index (χ1v) is 5.18. The van der Waals surface area contributed by atoms with Gasteiger partial charge in [-0.25, -0.2) is 9.78 Å². The van der Waals surface area contributed by atoms with Crippen LogP contribution in [-0.2, 0) is 4.79 Å². The molecule has 5 heteroatoms. The lowest BCUT2D eigenvalue weighted by atomic mass is 9.85. The number of carboxylic acid groups (broad SMARTS) is 1. The second kappa shape index (κ2) is 4.30. The maximum absolute atomic E-state index is 11.6. The topological polar surface area (TPSA) is 79.3 Å². The summed E-state index contributed by atoms with van der Waals surface area (Å²) >= 11 is 0. The normalized spacial score (nSPS) is 15.2. The van der Waals surface area contributed by atoms with Gasteiger partial charge in [-0.2, -0.15) is 0 Å². The monoisotopic (exact) mass is 220 g/mol. The summed E-state index contributed by atoms with van der Waals surface area (Å²) in [7, 11) is 0. The average Bonchev–Trinajstić information content (AvgIpc) is 2.15. The maximum atomic E-state index is 11.6. The van der Waals surface area contributed by atoms with Crippen molar-refractivity contribution >= 4 is 17.7 Å². The van der Waals surface area contributed by atoms with Crippen molar-refractivity contribution in [1.29, 1.82) is 0 Å². The Bertz CT molecular complexity index is 427. The Kier molecular flexibility index (Phi) is 2.85. The number of anilines is 1. The fourth-order valence-corrected chi connectivity index (χ4v) is 1.52. The summed E-state index contributed by atoms with van der Waals surface area (Å²) in [6, 6.07) is 4.54. The van der Waals surface area contributed by atoms with Crippen LogP contribution in [0.15, 0.2) is 18.2 Å². The molecule has 0 aromatic carbocycles. The Morgan fingerprint density at radius 3 is 2.69 bits per heavy atom. The van der Waals surface area contributed by atoms with E-state index in [0.29, 0.717) is 5.82 Å². The van der Waals surface area contributed by atoms with Gasteiger partial charge in [0.25, 0.3) is 0 Å². The van der Waals surface area contributed by atoms with Gasteiger partial charge < -0.3 is 10.4 Å². The van der Waals surface area contributed by atoms with E-state index in [1.807, 2.05) is 0 Å². The molecule has 1 aliphatic carbocycles. The van der Waals surface area contributed by atoms with Crippen LogP contribution < -0.4 is 5.32 Å². The Labute approximate surface area is 92.5 Å². The molecule has 1 aromatic rings. The highest BCUT2D eigenvalue weighted by molar-refractivity contribution is 5.93. The molecule has 84 valence electrons. The van der Waals surface area contributed by atoms with Gasteiger partial charge in [-0.1, -0.05) is 12.5 Å². The van der Waals surface area contributed by atoms with Crippen LogP contribution in [0.3, 0.4) is 0 Å². The zero-order valence-electron chi connectivity index (χ0n) is 8.64. The first-order chi connectivity index (χ1) is 7.66. The molecular formula is C11H12N2O3. The van der Waals surface area contributed by atoms with Crippen LogP contribution in [-0.4, -0.2) is 22.0 Å². The van der Waals surface area contributed by atoms with Crippen molar-refractivity contribution in [2.24, 2.45) is 5.92 Å². The number of aromatic carboxylic acids is 1. The molecule has 2 rings (SSSR count). The SMILES string of the molecule is O=C(O)c1cccc(NC(=O)C2CCC2)n1. The van der Waals surface area contributed by atoms with Crippen molar-refractivity contribution in [3.8, 4) is 0 Å². The number of nitrogens with one attached hydrogen (secondary N) is 1. The summed E-state index contributed by atoms with van der Waals surface area (Å²) in [5.41, 5.74) is -0.0635. The second-order valence-corrected chi connectivity index (χ2v) is 3.83. The molecule has 5 nitrogen and oxygen atoms in total. The van der Waals surface area contributed by atoms with Crippen molar-refractivity contribution in [3.63, 3.8) is 0 Å². The number of hydrogen-bond acceptors (Lipinski definition) is 3. The van der Waals surface area contributed by atoms with Gasteiger partial charge in [0, 0.05) is 5.92 Å². The Hall–Kier alpha value is -1.91. The van der Waals surface area contributed by atoms with E-state index >= 15 is 0 Å². The number of pyridine rings is 1. The predicted molar refractivity (Wildman–Crippen MR) is 57.2 cm³/mol. The molecule has 0 saturated heterocycles. The molecule has 0 spiro atoms. The number of aromatic nitrogens is 1. The minimum Gasteiger partial charge on any atom is -0.477 e. The van der Waals surface area contributed by atoms with Crippen LogP contribution in [0, 0.1) is 5.92 Å². The van der Waals surface area contributed by atoms with Crippen molar-refractivity contribution in [2.45, 2.75) is 19.3 Å². The third kappa shape index (κ3) is 2.18. The lowest BCUT2D eigenvalue weighted by Gasteiger charge is -2.23. The molecule has 0 unspecified atom stereocenters. The summed E-state index contributed by atoms with van der Waals surface area (Å²) in [6.07, 6.45) is 2.90. The smallest absolute Gasteiger partial charge is 0.354 e. The largest absolute Gasteiger partial charge is 0.477 e. The first-order valence-electron chi connectivity index (χ1n) is 5.18. The second-order valence-electron chi connectivity index (χ2n) is 3.83. The quantitative estimate of drug-likeness (QED) is 0.809. The van der Waals surface area contributed by atoms with E-state index in [9.17, 15) is 9.59 Å². The summed E-state index contributed by atoms with van der Waals surface area (Å²) in [6.45, 7) is 0. The molecule has 16 heavy (non-hydrogen) atoms. The number of nitrogens with zero attached hydrogens (tertiary/aromatic N) is 1. The molecule has 1 amide bonds. The van der Waals surface area contributed by atoms with E-state index in [0.717, 1.165) is 19.3 Å². The van der Waals surface area contributed by atoms with E-state index in [1.54, 1.807) is 12.1 Å². The molecule has 1 saturated carbocycles. The van der Waals surface area contributed by atoms with Gasteiger partial charge in [0.05, 0.1) is 0 Å². The molecule has 0 atom stereocenters. The van der Waals surface area contributed by atoms with E-state index in [4.69, 9.17) is 5.11 Å². The fraction of sp³-hybridized carbons (Fsp3) is 0.364. The average molecular weight is 220 g/mol. The third-order valence-electron chi connectivity index (χ3n) is 2.70. The fourth-order valence-electron chi connectivity index (χ4n) is 1.52. The summed E-state index contributed by atoms with van der Waals surface area (Å²) < 4.78 is 0. The number of rotatable bonds is 3. The Morgan fingerprint density at radius 2 is 2.12 bits per heavy atom. The van der Waals surface area contributed by atoms with Crippen molar-refractivity contribution in [1.82, 2.24) is 4.98 Å². The van der Waals surface area contributed by atoms with Gasteiger partial charge in [0.15, 0.2) is 5.69 Å². The molecule has 1 fully saturated rings. The lowest BCUT2D eigenvalue weighted by molar-refractivity contribution is -0.122. The molecule has 2 N–H and O–H groups in total. The predicted octanol–water partition coefficient (Wildman–Crippen LogP) is 1.52. The highest BCUT2D eigenvalue weighted by Crippen LogP contribution is 2.27. The zero-order chi connectivity index (χ0) is 11.5. The summed E-state index contributed by atoms with van der Waals surface area (Å²) in [5.74, 6) is -0.798. The van der Waals surface area contributed by atoms with E-state index in [-0.39, 0.29) is 17.5 Å². The standard InChI is InChI=1S/C11H12N2O3/c14-10(7-3-1-4-7)13-9-6-2-5-8(12-9)11(15)16/h2,5-7H,1,3-4H2,(H,15,16)(H,12,13,14). The van der Waals surface area contributed by atoms with E-state index < -0.39 is 5.97 Å². The van der Waals surface area contributed by atoms with E-state index in [1.165, 1.54) is 6.07 Å². The van der Waals surface area contributed by atoms with Crippen LogP contribution in [0.1, 0.15) is 29.8 Å².